The van der Waals surface area contributed by atoms with Crippen LogP contribution in [0.5, 0.6) is 0 Å². The standard InChI is InChI=1S/C21H20Cl2N2O2S2/c22-16-6-7-19(23)20(13-16)29(26,27)18-8-10-25(11-9-18)21-24-17(14-28-21)12-15-4-2-1-3-5-15/h1-7,13-14,18H,8-12H2. The Kier molecular flexibility index (Phi) is 6.16. The minimum atomic E-state index is -3.52. The molecule has 4 nitrogen and oxygen atoms in total. The molecule has 0 radical (unpaired) electrons. The Balaban J connectivity index is 1.42. The number of rotatable bonds is 5. The monoisotopic (exact) mass is 466 g/mol. The second-order valence-electron chi connectivity index (χ2n) is 7.09. The minimum absolute atomic E-state index is 0.129. The van der Waals surface area contributed by atoms with E-state index in [-0.39, 0.29) is 9.92 Å². The van der Waals surface area contributed by atoms with E-state index in [0.717, 1.165) is 17.2 Å². The van der Waals surface area contributed by atoms with Crippen molar-refractivity contribution in [2.24, 2.45) is 0 Å². The third kappa shape index (κ3) is 4.61. The van der Waals surface area contributed by atoms with Crippen molar-refractivity contribution in [1.29, 1.82) is 0 Å². The topological polar surface area (TPSA) is 50.3 Å². The third-order valence-corrected chi connectivity index (χ3v) is 9.05. The molecule has 1 aromatic heterocycles. The fraction of sp³-hybridized carbons (Fsp3) is 0.286. The number of nitrogens with zero attached hydrogens (tertiary/aromatic N) is 2. The minimum Gasteiger partial charge on any atom is -0.348 e. The molecule has 0 saturated carbocycles. The van der Waals surface area contributed by atoms with Gasteiger partial charge in [-0.15, -0.1) is 11.3 Å². The number of halogens is 2. The summed E-state index contributed by atoms with van der Waals surface area (Å²) < 4.78 is 26.1. The summed E-state index contributed by atoms with van der Waals surface area (Å²) in [5, 5.41) is 3.17. The summed E-state index contributed by atoms with van der Waals surface area (Å²) in [5.41, 5.74) is 2.27. The SMILES string of the molecule is O=S(=O)(c1cc(Cl)ccc1Cl)C1CCN(c2nc(Cc3ccccc3)cs2)CC1. The summed E-state index contributed by atoms with van der Waals surface area (Å²) in [4.78, 5) is 7.06. The molecule has 1 fully saturated rings. The van der Waals surface area contributed by atoms with Crippen LogP contribution < -0.4 is 4.90 Å². The van der Waals surface area contributed by atoms with E-state index in [1.807, 2.05) is 18.2 Å². The van der Waals surface area contributed by atoms with Crippen molar-refractivity contribution < 1.29 is 8.42 Å². The van der Waals surface area contributed by atoms with Crippen molar-refractivity contribution in [2.75, 3.05) is 18.0 Å². The number of hydrogen-bond donors (Lipinski definition) is 0. The molecular weight excluding hydrogens is 447 g/mol. The molecule has 152 valence electrons. The average molecular weight is 467 g/mol. The van der Waals surface area contributed by atoms with E-state index >= 15 is 0 Å². The van der Waals surface area contributed by atoms with Crippen LogP contribution in [0.1, 0.15) is 24.1 Å². The number of aromatic nitrogens is 1. The summed E-state index contributed by atoms with van der Waals surface area (Å²) in [7, 11) is -3.52. The Hall–Kier alpha value is -1.60. The van der Waals surface area contributed by atoms with Gasteiger partial charge in [0.2, 0.25) is 0 Å². The maximum Gasteiger partial charge on any atom is 0.185 e. The maximum absolute atomic E-state index is 13.0. The van der Waals surface area contributed by atoms with Gasteiger partial charge < -0.3 is 4.90 Å². The van der Waals surface area contributed by atoms with Crippen LogP contribution in [0.15, 0.2) is 58.8 Å². The van der Waals surface area contributed by atoms with E-state index in [2.05, 4.69) is 22.4 Å². The number of thiazole rings is 1. The summed E-state index contributed by atoms with van der Waals surface area (Å²) in [6.45, 7) is 1.31. The number of piperidine rings is 1. The number of anilines is 1. The van der Waals surface area contributed by atoms with E-state index in [0.29, 0.717) is 31.0 Å². The van der Waals surface area contributed by atoms with Crippen molar-refractivity contribution in [3.05, 3.63) is 75.2 Å². The summed E-state index contributed by atoms with van der Waals surface area (Å²) in [6, 6.07) is 14.8. The molecule has 3 aromatic rings. The lowest BCUT2D eigenvalue weighted by atomic mass is 10.1. The molecule has 0 aliphatic carbocycles. The molecule has 0 N–H and O–H groups in total. The van der Waals surface area contributed by atoms with Gasteiger partial charge >= 0.3 is 0 Å². The smallest absolute Gasteiger partial charge is 0.185 e. The van der Waals surface area contributed by atoms with Crippen molar-refractivity contribution >= 4 is 49.5 Å². The number of benzene rings is 2. The maximum atomic E-state index is 13.0. The predicted molar refractivity (Wildman–Crippen MR) is 120 cm³/mol. The highest BCUT2D eigenvalue weighted by Gasteiger charge is 2.33. The average Bonchev–Trinajstić information content (AvgIpc) is 3.19. The highest BCUT2D eigenvalue weighted by atomic mass is 35.5. The van der Waals surface area contributed by atoms with Crippen LogP contribution >= 0.6 is 34.5 Å². The first kappa shape index (κ1) is 20.7. The van der Waals surface area contributed by atoms with Gasteiger partial charge in [-0.1, -0.05) is 53.5 Å². The van der Waals surface area contributed by atoms with Gasteiger partial charge in [-0.05, 0) is 36.6 Å². The second-order valence-corrected chi connectivity index (χ2v) is 11.0. The van der Waals surface area contributed by atoms with E-state index in [1.165, 1.54) is 17.7 Å². The molecule has 0 unspecified atom stereocenters. The van der Waals surface area contributed by atoms with Crippen LogP contribution in [-0.2, 0) is 16.3 Å². The molecule has 1 saturated heterocycles. The molecule has 0 atom stereocenters. The zero-order valence-corrected chi connectivity index (χ0v) is 18.7. The fourth-order valence-corrected chi connectivity index (χ4v) is 6.94. The summed E-state index contributed by atoms with van der Waals surface area (Å²) in [5.74, 6) is 0. The van der Waals surface area contributed by atoms with Crippen LogP contribution in [0.3, 0.4) is 0 Å². The van der Waals surface area contributed by atoms with Crippen LogP contribution in [0.25, 0.3) is 0 Å². The Morgan fingerprint density at radius 3 is 2.52 bits per heavy atom. The van der Waals surface area contributed by atoms with E-state index in [9.17, 15) is 8.42 Å². The van der Waals surface area contributed by atoms with Gasteiger partial charge in [-0.25, -0.2) is 13.4 Å². The Morgan fingerprint density at radius 2 is 1.79 bits per heavy atom. The van der Waals surface area contributed by atoms with Crippen molar-refractivity contribution in [3.63, 3.8) is 0 Å². The van der Waals surface area contributed by atoms with Gasteiger partial charge in [-0.2, -0.15) is 0 Å². The van der Waals surface area contributed by atoms with Gasteiger partial charge in [0.1, 0.15) is 0 Å². The van der Waals surface area contributed by atoms with Crippen LogP contribution in [0.2, 0.25) is 10.0 Å². The van der Waals surface area contributed by atoms with E-state index in [1.54, 1.807) is 17.4 Å². The molecule has 2 aromatic carbocycles. The third-order valence-electron chi connectivity index (χ3n) is 5.12. The molecular formula is C21H20Cl2N2O2S2. The first-order valence-electron chi connectivity index (χ1n) is 9.36. The molecule has 4 rings (SSSR count). The van der Waals surface area contributed by atoms with Crippen molar-refractivity contribution in [1.82, 2.24) is 4.98 Å². The number of hydrogen-bond acceptors (Lipinski definition) is 5. The first-order valence-corrected chi connectivity index (χ1v) is 12.5. The number of sulfone groups is 1. The van der Waals surface area contributed by atoms with Gasteiger partial charge in [-0.3, -0.25) is 0 Å². The van der Waals surface area contributed by atoms with Gasteiger partial charge in [0.15, 0.2) is 15.0 Å². The van der Waals surface area contributed by atoms with Gasteiger partial charge in [0, 0.05) is 29.9 Å². The molecule has 2 heterocycles. The summed E-state index contributed by atoms with van der Waals surface area (Å²) >= 11 is 13.7. The Labute approximate surface area is 185 Å². The lowest BCUT2D eigenvalue weighted by Gasteiger charge is -2.31. The molecule has 0 bridgehead atoms. The van der Waals surface area contributed by atoms with Crippen LogP contribution in [-0.4, -0.2) is 31.7 Å². The van der Waals surface area contributed by atoms with Crippen LogP contribution in [0.4, 0.5) is 5.13 Å². The molecule has 29 heavy (non-hydrogen) atoms. The van der Waals surface area contributed by atoms with Gasteiger partial charge in [0.25, 0.3) is 0 Å². The van der Waals surface area contributed by atoms with Crippen molar-refractivity contribution in [3.8, 4) is 0 Å². The lowest BCUT2D eigenvalue weighted by Crippen LogP contribution is -2.39. The largest absolute Gasteiger partial charge is 0.348 e. The second kappa shape index (κ2) is 8.64. The Bertz CT molecular complexity index is 1090. The highest BCUT2D eigenvalue weighted by Crippen LogP contribution is 2.33. The van der Waals surface area contributed by atoms with Crippen LogP contribution in [0, 0.1) is 0 Å². The quantitative estimate of drug-likeness (QED) is 0.499. The molecule has 8 heteroatoms. The van der Waals surface area contributed by atoms with Gasteiger partial charge in [0.05, 0.1) is 20.9 Å². The molecule has 1 aliphatic rings. The fourth-order valence-electron chi connectivity index (χ4n) is 3.56. The predicted octanol–water partition coefficient (Wildman–Crippen LogP) is 5.48. The molecule has 0 amide bonds. The van der Waals surface area contributed by atoms with E-state index in [4.69, 9.17) is 28.2 Å². The Morgan fingerprint density at radius 1 is 1.07 bits per heavy atom. The zero-order chi connectivity index (χ0) is 20.4. The molecule has 0 spiro atoms. The summed E-state index contributed by atoms with van der Waals surface area (Å²) in [6.07, 6.45) is 1.88. The normalized spacial score (nSPS) is 15.6. The van der Waals surface area contributed by atoms with E-state index < -0.39 is 15.1 Å². The van der Waals surface area contributed by atoms with Crippen molar-refractivity contribution in [2.45, 2.75) is 29.4 Å². The molecule has 1 aliphatic heterocycles. The lowest BCUT2D eigenvalue weighted by molar-refractivity contribution is 0.529. The highest BCUT2D eigenvalue weighted by molar-refractivity contribution is 7.92. The zero-order valence-electron chi connectivity index (χ0n) is 15.6. The first-order chi connectivity index (χ1) is 13.9.